The summed E-state index contributed by atoms with van der Waals surface area (Å²) in [6.07, 6.45) is 1.36. The van der Waals surface area contributed by atoms with Crippen LogP contribution >= 0.6 is 0 Å². The molecule has 170 valence electrons. The van der Waals surface area contributed by atoms with Gasteiger partial charge in [0.05, 0.1) is 0 Å². The van der Waals surface area contributed by atoms with Crippen molar-refractivity contribution in [1.29, 1.82) is 0 Å². The van der Waals surface area contributed by atoms with Crippen LogP contribution in [0.3, 0.4) is 0 Å². The summed E-state index contributed by atoms with van der Waals surface area (Å²) in [4.78, 5) is 29.9. The van der Waals surface area contributed by atoms with E-state index in [0.29, 0.717) is 45.7 Å². The zero-order valence-corrected chi connectivity index (χ0v) is 18.8. The predicted molar refractivity (Wildman–Crippen MR) is 126 cm³/mol. The molecule has 3 aromatic carbocycles. The molecule has 0 bridgehead atoms. The van der Waals surface area contributed by atoms with E-state index in [0.717, 1.165) is 33.4 Å². The fourth-order valence-corrected chi connectivity index (χ4v) is 4.76. The van der Waals surface area contributed by atoms with Crippen molar-refractivity contribution in [3.63, 3.8) is 0 Å². The van der Waals surface area contributed by atoms with Gasteiger partial charge in [-0.05, 0) is 47.4 Å². The Morgan fingerprint density at radius 2 is 1.67 bits per heavy atom. The number of likely N-dealkylation sites (tertiary alicyclic amines) is 1. The topological polar surface area (TPSA) is 59.1 Å². The minimum absolute atomic E-state index is 0.0438. The SMILES string of the molecule is CN(Cc1ccc2c(c1)OCCO2)C(=O)C1CCN(C(=O)c2cccc3ccccc23)CC1. The molecule has 6 nitrogen and oxygen atoms in total. The smallest absolute Gasteiger partial charge is 0.254 e. The first-order valence-corrected chi connectivity index (χ1v) is 11.5. The third-order valence-electron chi connectivity index (χ3n) is 6.55. The lowest BCUT2D eigenvalue weighted by Gasteiger charge is -2.33. The van der Waals surface area contributed by atoms with Gasteiger partial charge in [-0.15, -0.1) is 0 Å². The Kier molecular flexibility index (Phi) is 5.90. The number of ether oxygens (including phenoxy) is 2. The van der Waals surface area contributed by atoms with Crippen molar-refractivity contribution >= 4 is 22.6 Å². The van der Waals surface area contributed by atoms with Crippen LogP contribution in [0.1, 0.15) is 28.8 Å². The maximum atomic E-state index is 13.2. The molecular weight excluding hydrogens is 416 g/mol. The van der Waals surface area contributed by atoms with Crippen molar-refractivity contribution < 1.29 is 19.1 Å². The van der Waals surface area contributed by atoms with Gasteiger partial charge in [0, 0.05) is 38.2 Å². The summed E-state index contributed by atoms with van der Waals surface area (Å²) >= 11 is 0. The molecule has 0 N–H and O–H groups in total. The van der Waals surface area contributed by atoms with Crippen molar-refractivity contribution in [2.45, 2.75) is 19.4 Å². The van der Waals surface area contributed by atoms with E-state index < -0.39 is 0 Å². The van der Waals surface area contributed by atoms with Crippen LogP contribution in [0.15, 0.2) is 60.7 Å². The van der Waals surface area contributed by atoms with E-state index in [1.54, 1.807) is 4.90 Å². The van der Waals surface area contributed by atoms with Crippen LogP contribution in [0, 0.1) is 5.92 Å². The van der Waals surface area contributed by atoms with Crippen LogP contribution < -0.4 is 9.47 Å². The van der Waals surface area contributed by atoms with E-state index >= 15 is 0 Å². The third-order valence-corrected chi connectivity index (χ3v) is 6.55. The minimum Gasteiger partial charge on any atom is -0.486 e. The zero-order valence-electron chi connectivity index (χ0n) is 18.8. The number of hydrogen-bond donors (Lipinski definition) is 0. The highest BCUT2D eigenvalue weighted by atomic mass is 16.6. The summed E-state index contributed by atoms with van der Waals surface area (Å²) in [6.45, 7) is 2.81. The Balaban J connectivity index is 1.20. The Labute approximate surface area is 193 Å². The second-order valence-corrected chi connectivity index (χ2v) is 8.77. The van der Waals surface area contributed by atoms with Crippen LogP contribution in [0.25, 0.3) is 10.8 Å². The molecule has 2 aliphatic heterocycles. The fourth-order valence-electron chi connectivity index (χ4n) is 4.76. The predicted octanol–water partition coefficient (Wildman–Crippen LogP) is 4.12. The summed E-state index contributed by atoms with van der Waals surface area (Å²) in [6, 6.07) is 19.6. The van der Waals surface area contributed by atoms with Crippen LogP contribution in [0.4, 0.5) is 0 Å². The summed E-state index contributed by atoms with van der Waals surface area (Å²) in [7, 11) is 1.84. The van der Waals surface area contributed by atoms with E-state index in [1.807, 2.05) is 72.6 Å². The van der Waals surface area contributed by atoms with Gasteiger partial charge >= 0.3 is 0 Å². The molecule has 2 heterocycles. The highest BCUT2D eigenvalue weighted by Crippen LogP contribution is 2.31. The van der Waals surface area contributed by atoms with E-state index in [-0.39, 0.29) is 17.7 Å². The molecule has 2 amide bonds. The summed E-state index contributed by atoms with van der Waals surface area (Å²) in [5.74, 6) is 1.59. The molecule has 6 heteroatoms. The van der Waals surface area contributed by atoms with Crippen molar-refractivity contribution in [2.24, 2.45) is 5.92 Å². The molecule has 0 atom stereocenters. The van der Waals surface area contributed by atoms with Crippen LogP contribution in [-0.2, 0) is 11.3 Å². The largest absolute Gasteiger partial charge is 0.486 e. The third kappa shape index (κ3) is 4.38. The molecule has 3 aromatic rings. The Bertz CT molecular complexity index is 1180. The lowest BCUT2D eigenvalue weighted by Crippen LogP contribution is -2.43. The molecule has 0 aromatic heterocycles. The molecule has 0 spiro atoms. The Hall–Kier alpha value is -3.54. The number of nitrogens with zero attached hydrogens (tertiary/aromatic N) is 2. The lowest BCUT2D eigenvalue weighted by molar-refractivity contribution is -0.136. The fraction of sp³-hybridized carbons (Fsp3) is 0.333. The molecule has 0 unspecified atom stereocenters. The lowest BCUT2D eigenvalue weighted by atomic mass is 9.94. The van der Waals surface area contributed by atoms with E-state index in [4.69, 9.17) is 9.47 Å². The average Bonchev–Trinajstić information content (AvgIpc) is 2.87. The normalized spacial score (nSPS) is 16.0. The number of carbonyl (C=O) groups excluding carboxylic acids is 2. The second kappa shape index (κ2) is 9.14. The summed E-state index contributed by atoms with van der Waals surface area (Å²) in [5, 5.41) is 2.04. The molecule has 1 fully saturated rings. The maximum Gasteiger partial charge on any atom is 0.254 e. The van der Waals surface area contributed by atoms with Crippen LogP contribution in [0.2, 0.25) is 0 Å². The number of benzene rings is 3. The Morgan fingerprint density at radius 3 is 2.48 bits per heavy atom. The quantitative estimate of drug-likeness (QED) is 0.607. The second-order valence-electron chi connectivity index (χ2n) is 8.77. The van der Waals surface area contributed by atoms with E-state index in [9.17, 15) is 9.59 Å². The number of rotatable bonds is 4. The highest BCUT2D eigenvalue weighted by molar-refractivity contribution is 6.07. The number of piperidine rings is 1. The number of amides is 2. The molecule has 33 heavy (non-hydrogen) atoms. The summed E-state index contributed by atoms with van der Waals surface area (Å²) < 4.78 is 11.2. The highest BCUT2D eigenvalue weighted by Gasteiger charge is 2.30. The van der Waals surface area contributed by atoms with Gasteiger partial charge in [-0.3, -0.25) is 9.59 Å². The van der Waals surface area contributed by atoms with Gasteiger partial charge in [-0.2, -0.15) is 0 Å². The maximum absolute atomic E-state index is 13.2. The van der Waals surface area contributed by atoms with Crippen molar-refractivity contribution in [3.8, 4) is 11.5 Å². The van der Waals surface area contributed by atoms with Crippen LogP contribution in [0.5, 0.6) is 11.5 Å². The first kappa shape index (κ1) is 21.3. The van der Waals surface area contributed by atoms with E-state index in [1.165, 1.54) is 0 Å². The molecule has 5 rings (SSSR count). The molecule has 0 radical (unpaired) electrons. The van der Waals surface area contributed by atoms with Gasteiger partial charge in [-0.1, -0.05) is 42.5 Å². The van der Waals surface area contributed by atoms with Crippen molar-refractivity contribution in [2.75, 3.05) is 33.4 Å². The monoisotopic (exact) mass is 444 g/mol. The number of hydrogen-bond acceptors (Lipinski definition) is 4. The molecular formula is C27H28N2O4. The van der Waals surface area contributed by atoms with Gasteiger partial charge < -0.3 is 19.3 Å². The van der Waals surface area contributed by atoms with Gasteiger partial charge in [0.1, 0.15) is 13.2 Å². The number of fused-ring (bicyclic) bond motifs is 2. The average molecular weight is 445 g/mol. The first-order chi connectivity index (χ1) is 16.1. The van der Waals surface area contributed by atoms with Gasteiger partial charge in [0.2, 0.25) is 5.91 Å². The molecule has 1 saturated heterocycles. The van der Waals surface area contributed by atoms with Gasteiger partial charge in [-0.25, -0.2) is 0 Å². The van der Waals surface area contributed by atoms with Gasteiger partial charge in [0.15, 0.2) is 11.5 Å². The molecule has 0 saturated carbocycles. The minimum atomic E-state index is -0.0659. The first-order valence-electron chi connectivity index (χ1n) is 11.5. The van der Waals surface area contributed by atoms with Crippen LogP contribution in [-0.4, -0.2) is 55.0 Å². The van der Waals surface area contributed by atoms with Crippen molar-refractivity contribution in [3.05, 3.63) is 71.8 Å². The molecule has 0 aliphatic carbocycles. The molecule has 2 aliphatic rings. The summed E-state index contributed by atoms with van der Waals surface area (Å²) in [5.41, 5.74) is 1.74. The Morgan fingerprint density at radius 1 is 0.939 bits per heavy atom. The van der Waals surface area contributed by atoms with Gasteiger partial charge in [0.25, 0.3) is 5.91 Å². The zero-order chi connectivity index (χ0) is 22.8. The van der Waals surface area contributed by atoms with E-state index in [2.05, 4.69) is 0 Å². The standard InChI is InChI=1S/C27H28N2O4/c1-28(18-19-9-10-24-25(17-19)33-16-15-32-24)26(30)21-11-13-29(14-12-21)27(31)23-8-4-6-20-5-2-3-7-22(20)23/h2-10,17,21H,11-16,18H2,1H3. The number of carbonyl (C=O) groups is 2. The van der Waals surface area contributed by atoms with Crippen molar-refractivity contribution in [1.82, 2.24) is 9.80 Å².